The van der Waals surface area contributed by atoms with E-state index >= 15 is 0 Å². The van der Waals surface area contributed by atoms with Crippen LogP contribution in [0, 0.1) is 5.92 Å². The summed E-state index contributed by atoms with van der Waals surface area (Å²) in [6.07, 6.45) is 1.48. The molecule has 8 heteroatoms. The van der Waals surface area contributed by atoms with Crippen LogP contribution in [0.4, 0.5) is 0 Å². The normalized spacial score (nSPS) is 12.0. The summed E-state index contributed by atoms with van der Waals surface area (Å²) in [4.78, 5) is 15.9. The maximum atomic E-state index is 11.7. The van der Waals surface area contributed by atoms with Gasteiger partial charge in [0.1, 0.15) is 0 Å². The average molecular weight is 500 g/mol. The number of carbonyl (C=O) groups excluding carboxylic acids is 1. The molecule has 7 nitrogen and oxygen atoms in total. The molecule has 2 aromatic rings. The summed E-state index contributed by atoms with van der Waals surface area (Å²) in [5.74, 6) is 1.11. The zero-order valence-electron chi connectivity index (χ0n) is 16.3. The molecule has 28 heavy (non-hydrogen) atoms. The second-order valence-electron chi connectivity index (χ2n) is 6.22. The minimum absolute atomic E-state index is 0. The fourth-order valence-corrected chi connectivity index (χ4v) is 2.35. The van der Waals surface area contributed by atoms with Crippen LogP contribution in [0.1, 0.15) is 23.0 Å². The van der Waals surface area contributed by atoms with Crippen molar-refractivity contribution in [1.29, 1.82) is 0 Å². The molecule has 0 bridgehead atoms. The lowest BCUT2D eigenvalue weighted by Gasteiger charge is -2.16. The molecule has 154 valence electrons. The number of furan rings is 1. The van der Waals surface area contributed by atoms with Crippen LogP contribution in [-0.4, -0.2) is 45.2 Å². The largest absolute Gasteiger partial charge is 0.459 e. The summed E-state index contributed by atoms with van der Waals surface area (Å²) in [7, 11) is 1.72. The summed E-state index contributed by atoms with van der Waals surface area (Å²) in [5.41, 5.74) is 1.17. The quantitative estimate of drug-likeness (QED) is 0.202. The van der Waals surface area contributed by atoms with Crippen LogP contribution >= 0.6 is 24.0 Å². The molecule has 0 spiro atoms. The maximum Gasteiger partial charge on any atom is 0.287 e. The summed E-state index contributed by atoms with van der Waals surface area (Å²) in [6.45, 7) is 5.18. The van der Waals surface area contributed by atoms with E-state index in [0.717, 1.165) is 6.54 Å². The van der Waals surface area contributed by atoms with Gasteiger partial charge in [0.2, 0.25) is 0 Å². The topological polar surface area (TPSA) is 87.9 Å². The fraction of sp³-hybridized carbons (Fsp3) is 0.400. The average Bonchev–Trinajstić information content (AvgIpc) is 3.23. The Labute approximate surface area is 183 Å². The summed E-state index contributed by atoms with van der Waals surface area (Å²) < 4.78 is 10.8. The molecule has 1 amide bonds. The van der Waals surface area contributed by atoms with E-state index in [1.165, 1.54) is 11.8 Å². The number of guanidine groups is 1. The number of hydrogen-bond acceptors (Lipinski definition) is 4. The van der Waals surface area contributed by atoms with Gasteiger partial charge in [-0.15, -0.1) is 24.0 Å². The van der Waals surface area contributed by atoms with Crippen molar-refractivity contribution in [1.82, 2.24) is 16.0 Å². The van der Waals surface area contributed by atoms with Crippen LogP contribution in [0.5, 0.6) is 0 Å². The van der Waals surface area contributed by atoms with Gasteiger partial charge in [0.15, 0.2) is 11.7 Å². The number of carbonyl (C=O) groups is 1. The predicted molar refractivity (Wildman–Crippen MR) is 121 cm³/mol. The van der Waals surface area contributed by atoms with E-state index in [-0.39, 0.29) is 29.9 Å². The van der Waals surface area contributed by atoms with Gasteiger partial charge in [-0.2, -0.15) is 0 Å². The SMILES string of the molecule is CN=C(NCCNC(=O)c1ccco1)NCC(C)COCc1ccccc1.I. The zero-order chi connectivity index (χ0) is 19.3. The third-order valence-electron chi connectivity index (χ3n) is 3.80. The Hall–Kier alpha value is -2.07. The van der Waals surface area contributed by atoms with Gasteiger partial charge in [-0.3, -0.25) is 9.79 Å². The van der Waals surface area contributed by atoms with Crippen LogP contribution in [-0.2, 0) is 11.3 Å². The van der Waals surface area contributed by atoms with Gasteiger partial charge in [-0.25, -0.2) is 0 Å². The Balaban J connectivity index is 0.00000392. The molecule has 0 fully saturated rings. The number of hydrogen-bond donors (Lipinski definition) is 3. The van der Waals surface area contributed by atoms with E-state index < -0.39 is 0 Å². The summed E-state index contributed by atoms with van der Waals surface area (Å²) >= 11 is 0. The van der Waals surface area contributed by atoms with E-state index in [9.17, 15) is 4.79 Å². The molecule has 0 aliphatic carbocycles. The lowest BCUT2D eigenvalue weighted by atomic mass is 10.2. The van der Waals surface area contributed by atoms with Gasteiger partial charge in [0.25, 0.3) is 5.91 Å². The van der Waals surface area contributed by atoms with E-state index in [1.807, 2.05) is 18.2 Å². The van der Waals surface area contributed by atoms with E-state index in [2.05, 4.69) is 40.0 Å². The van der Waals surface area contributed by atoms with Crippen molar-refractivity contribution in [2.45, 2.75) is 13.5 Å². The molecule has 0 saturated carbocycles. The molecule has 0 radical (unpaired) electrons. The molecule has 1 aromatic heterocycles. The lowest BCUT2D eigenvalue weighted by molar-refractivity contribution is 0.0925. The van der Waals surface area contributed by atoms with Crippen molar-refractivity contribution in [3.8, 4) is 0 Å². The maximum absolute atomic E-state index is 11.7. The monoisotopic (exact) mass is 500 g/mol. The van der Waals surface area contributed by atoms with Crippen molar-refractivity contribution in [2.24, 2.45) is 10.9 Å². The Kier molecular flexibility index (Phi) is 12.0. The van der Waals surface area contributed by atoms with Gasteiger partial charge in [0.05, 0.1) is 19.5 Å². The Morgan fingerprint density at radius 1 is 1.11 bits per heavy atom. The number of benzene rings is 1. The molecular weight excluding hydrogens is 471 g/mol. The number of nitrogens with one attached hydrogen (secondary N) is 3. The third kappa shape index (κ3) is 9.23. The number of nitrogens with zero attached hydrogens (tertiary/aromatic N) is 1. The Morgan fingerprint density at radius 3 is 2.54 bits per heavy atom. The second-order valence-corrected chi connectivity index (χ2v) is 6.22. The molecular formula is C20H29IN4O3. The predicted octanol–water partition coefficient (Wildman–Crippen LogP) is 2.65. The van der Waals surface area contributed by atoms with Crippen molar-refractivity contribution in [3.05, 3.63) is 60.1 Å². The molecule has 1 heterocycles. The summed E-state index contributed by atoms with van der Waals surface area (Å²) in [5, 5.41) is 9.20. The molecule has 0 saturated heterocycles. The van der Waals surface area contributed by atoms with E-state index in [1.54, 1.807) is 19.2 Å². The molecule has 1 aromatic carbocycles. The van der Waals surface area contributed by atoms with Gasteiger partial charge < -0.3 is 25.1 Å². The van der Waals surface area contributed by atoms with Gasteiger partial charge >= 0.3 is 0 Å². The first-order valence-corrected chi connectivity index (χ1v) is 9.07. The highest BCUT2D eigenvalue weighted by molar-refractivity contribution is 14.0. The van der Waals surface area contributed by atoms with Crippen LogP contribution in [0.15, 0.2) is 58.1 Å². The first kappa shape index (κ1) is 24.0. The minimum atomic E-state index is -0.228. The summed E-state index contributed by atoms with van der Waals surface area (Å²) in [6, 6.07) is 13.4. The first-order valence-electron chi connectivity index (χ1n) is 9.07. The van der Waals surface area contributed by atoms with Crippen LogP contribution < -0.4 is 16.0 Å². The van der Waals surface area contributed by atoms with Gasteiger partial charge in [0, 0.05) is 26.7 Å². The number of amides is 1. The lowest BCUT2D eigenvalue weighted by Crippen LogP contribution is -2.43. The molecule has 0 aliphatic heterocycles. The van der Waals surface area contributed by atoms with Crippen molar-refractivity contribution in [2.75, 3.05) is 33.3 Å². The number of aliphatic imine (C=N–C) groups is 1. The highest BCUT2D eigenvalue weighted by Crippen LogP contribution is 2.03. The van der Waals surface area contributed by atoms with E-state index in [4.69, 9.17) is 9.15 Å². The van der Waals surface area contributed by atoms with E-state index in [0.29, 0.717) is 43.9 Å². The standard InChI is InChI=1S/C20H28N4O3.HI/c1-16(14-26-15-17-7-4-3-5-8-17)13-24-20(21-2)23-11-10-22-19(25)18-9-6-12-27-18;/h3-9,12,16H,10-11,13-15H2,1-2H3,(H,22,25)(H2,21,23,24);1H. The van der Waals surface area contributed by atoms with Crippen LogP contribution in [0.2, 0.25) is 0 Å². The van der Waals surface area contributed by atoms with Crippen molar-refractivity contribution >= 4 is 35.8 Å². The zero-order valence-corrected chi connectivity index (χ0v) is 18.6. The van der Waals surface area contributed by atoms with Gasteiger partial charge in [-0.05, 0) is 23.6 Å². The van der Waals surface area contributed by atoms with Gasteiger partial charge in [-0.1, -0.05) is 37.3 Å². The third-order valence-corrected chi connectivity index (χ3v) is 3.80. The molecule has 3 N–H and O–H groups in total. The fourth-order valence-electron chi connectivity index (χ4n) is 2.35. The molecule has 2 rings (SSSR count). The molecule has 0 aliphatic rings. The van der Waals surface area contributed by atoms with Crippen LogP contribution in [0.3, 0.4) is 0 Å². The van der Waals surface area contributed by atoms with Crippen molar-refractivity contribution in [3.63, 3.8) is 0 Å². The number of rotatable bonds is 10. The van der Waals surface area contributed by atoms with Crippen LogP contribution in [0.25, 0.3) is 0 Å². The molecule has 1 atom stereocenters. The number of halogens is 1. The molecule has 1 unspecified atom stereocenters. The highest BCUT2D eigenvalue weighted by Gasteiger charge is 2.07. The first-order chi connectivity index (χ1) is 13.2. The minimum Gasteiger partial charge on any atom is -0.459 e. The Bertz CT molecular complexity index is 693. The smallest absolute Gasteiger partial charge is 0.287 e. The highest BCUT2D eigenvalue weighted by atomic mass is 127. The Morgan fingerprint density at radius 2 is 1.86 bits per heavy atom. The number of ether oxygens (including phenoxy) is 1. The van der Waals surface area contributed by atoms with Crippen molar-refractivity contribution < 1.29 is 13.9 Å². The second kappa shape index (κ2) is 14.0.